The Morgan fingerprint density at radius 3 is 2.59 bits per heavy atom. The second kappa shape index (κ2) is 4.52. The number of esters is 1. The Labute approximate surface area is 99.9 Å². The largest absolute Gasteiger partial charge is 0.465 e. The van der Waals surface area contributed by atoms with Gasteiger partial charge in [0.2, 0.25) is 5.92 Å². The van der Waals surface area contributed by atoms with Gasteiger partial charge in [-0.1, -0.05) is 0 Å². The number of carbonyl (C=O) groups is 1. The van der Waals surface area contributed by atoms with E-state index in [-0.39, 0.29) is 30.3 Å². The van der Waals surface area contributed by atoms with Gasteiger partial charge in [0.25, 0.3) is 0 Å². The van der Waals surface area contributed by atoms with Crippen LogP contribution in [0, 0.1) is 5.41 Å². The highest BCUT2D eigenvalue weighted by Crippen LogP contribution is 2.47. The fourth-order valence-electron chi connectivity index (χ4n) is 2.85. The highest BCUT2D eigenvalue weighted by Gasteiger charge is 2.48. The number of rotatable bonds is 2. The van der Waals surface area contributed by atoms with E-state index in [1.807, 2.05) is 0 Å². The molecule has 0 aromatic carbocycles. The van der Waals surface area contributed by atoms with E-state index in [0.29, 0.717) is 32.4 Å². The lowest BCUT2D eigenvalue weighted by molar-refractivity contribution is -0.145. The van der Waals surface area contributed by atoms with Crippen molar-refractivity contribution in [1.29, 1.82) is 0 Å². The van der Waals surface area contributed by atoms with Crippen LogP contribution in [0.25, 0.3) is 0 Å². The molecule has 1 atom stereocenters. The number of carbonyl (C=O) groups excluding carboxylic acids is 1. The minimum atomic E-state index is -2.51. The van der Waals surface area contributed by atoms with E-state index < -0.39 is 5.92 Å². The maximum absolute atomic E-state index is 13.1. The zero-order valence-corrected chi connectivity index (χ0v) is 10.1. The summed E-state index contributed by atoms with van der Waals surface area (Å²) in [6.45, 7) is 2.79. The van der Waals surface area contributed by atoms with E-state index in [9.17, 15) is 13.6 Å². The van der Waals surface area contributed by atoms with Crippen molar-refractivity contribution in [3.63, 3.8) is 0 Å². The van der Waals surface area contributed by atoms with Crippen molar-refractivity contribution in [3.05, 3.63) is 0 Å². The van der Waals surface area contributed by atoms with Gasteiger partial charge in [-0.2, -0.15) is 0 Å². The third-order valence-corrected chi connectivity index (χ3v) is 3.97. The Bertz CT molecular complexity index is 297. The van der Waals surface area contributed by atoms with Crippen LogP contribution < -0.4 is 5.32 Å². The Balaban J connectivity index is 1.91. The first-order valence-corrected chi connectivity index (χ1v) is 6.24. The molecule has 0 aromatic heterocycles. The van der Waals surface area contributed by atoms with Crippen LogP contribution in [0.3, 0.4) is 0 Å². The number of hydrogen-bond acceptors (Lipinski definition) is 3. The summed E-state index contributed by atoms with van der Waals surface area (Å²) in [7, 11) is 0. The predicted octanol–water partition coefficient (Wildman–Crippen LogP) is 2.11. The molecule has 1 saturated carbocycles. The highest BCUT2D eigenvalue weighted by molar-refractivity contribution is 5.76. The van der Waals surface area contributed by atoms with Gasteiger partial charge in [0.1, 0.15) is 6.04 Å². The van der Waals surface area contributed by atoms with Gasteiger partial charge in [-0.15, -0.1) is 0 Å². The number of hydrogen-bond donors (Lipinski definition) is 1. The second-order valence-electron chi connectivity index (χ2n) is 5.25. The highest BCUT2D eigenvalue weighted by atomic mass is 19.3. The molecule has 1 spiro atoms. The molecule has 2 rings (SSSR count). The number of ether oxygens (including phenoxy) is 1. The summed E-state index contributed by atoms with van der Waals surface area (Å²) in [5.41, 5.74) is -0.112. The second-order valence-corrected chi connectivity index (χ2v) is 5.25. The van der Waals surface area contributed by atoms with Crippen LogP contribution in [0.15, 0.2) is 0 Å². The molecule has 5 heteroatoms. The van der Waals surface area contributed by atoms with Crippen molar-refractivity contribution in [2.75, 3.05) is 13.2 Å². The monoisotopic (exact) mass is 247 g/mol. The molecule has 3 nitrogen and oxygen atoms in total. The average Bonchev–Trinajstić information content (AvgIpc) is 2.69. The zero-order chi connectivity index (χ0) is 12.5. The molecular formula is C12H19F2NO2. The minimum absolute atomic E-state index is 0.0514. The van der Waals surface area contributed by atoms with E-state index in [1.165, 1.54) is 0 Å². The van der Waals surface area contributed by atoms with Crippen molar-refractivity contribution in [3.8, 4) is 0 Å². The van der Waals surface area contributed by atoms with Gasteiger partial charge in [0.15, 0.2) is 0 Å². The molecule has 1 aliphatic heterocycles. The molecule has 1 aliphatic carbocycles. The fraction of sp³-hybridized carbons (Fsp3) is 0.917. The zero-order valence-electron chi connectivity index (χ0n) is 10.1. The van der Waals surface area contributed by atoms with Crippen molar-refractivity contribution < 1.29 is 18.3 Å². The van der Waals surface area contributed by atoms with Gasteiger partial charge >= 0.3 is 5.97 Å². The van der Waals surface area contributed by atoms with Crippen LogP contribution in [0.2, 0.25) is 0 Å². The first kappa shape index (κ1) is 12.7. The van der Waals surface area contributed by atoms with Crippen LogP contribution in [0.4, 0.5) is 8.78 Å². The Morgan fingerprint density at radius 1 is 1.35 bits per heavy atom. The maximum atomic E-state index is 13.1. The smallest absolute Gasteiger partial charge is 0.323 e. The molecule has 0 amide bonds. The summed E-state index contributed by atoms with van der Waals surface area (Å²) < 4.78 is 31.2. The number of alkyl halides is 2. The summed E-state index contributed by atoms with van der Waals surface area (Å²) in [5.74, 6) is -2.76. The molecule has 1 saturated heterocycles. The quantitative estimate of drug-likeness (QED) is 0.759. The molecule has 2 fully saturated rings. The molecule has 17 heavy (non-hydrogen) atoms. The molecule has 1 N–H and O–H groups in total. The molecule has 0 bridgehead atoms. The summed E-state index contributed by atoms with van der Waals surface area (Å²) in [5, 5.41) is 3.11. The minimum Gasteiger partial charge on any atom is -0.465 e. The standard InChI is InChI=1S/C12H19F2NO2/c1-2-17-10(16)9-7-11(8-15-9)3-5-12(13,14)6-4-11/h9,15H,2-8H2,1H3. The lowest BCUT2D eigenvalue weighted by Crippen LogP contribution is -2.34. The topological polar surface area (TPSA) is 38.3 Å². The van der Waals surface area contributed by atoms with Gasteiger partial charge in [-0.25, -0.2) is 8.78 Å². The van der Waals surface area contributed by atoms with E-state index in [1.54, 1.807) is 6.92 Å². The van der Waals surface area contributed by atoms with Crippen molar-refractivity contribution in [2.45, 2.75) is 51.0 Å². The summed E-state index contributed by atoms with van der Waals surface area (Å²) in [6, 6.07) is -0.304. The van der Waals surface area contributed by atoms with E-state index in [0.717, 1.165) is 0 Å². The van der Waals surface area contributed by atoms with Crippen LogP contribution in [0.5, 0.6) is 0 Å². The summed E-state index contributed by atoms with van der Waals surface area (Å²) in [6.07, 6.45) is 1.54. The van der Waals surface area contributed by atoms with Crippen LogP contribution in [-0.4, -0.2) is 31.1 Å². The van der Waals surface area contributed by atoms with E-state index in [4.69, 9.17) is 4.74 Å². The van der Waals surface area contributed by atoms with Crippen molar-refractivity contribution >= 4 is 5.97 Å². The van der Waals surface area contributed by atoms with Gasteiger partial charge in [0, 0.05) is 19.4 Å². The maximum Gasteiger partial charge on any atom is 0.323 e. The van der Waals surface area contributed by atoms with E-state index >= 15 is 0 Å². The average molecular weight is 247 g/mol. The Kier molecular flexibility index (Phi) is 3.39. The molecule has 1 unspecified atom stereocenters. The van der Waals surface area contributed by atoms with Gasteiger partial charge < -0.3 is 10.1 Å². The summed E-state index contributed by atoms with van der Waals surface area (Å²) >= 11 is 0. The normalized spacial score (nSPS) is 30.4. The third kappa shape index (κ3) is 2.76. The molecule has 98 valence electrons. The number of halogens is 2. The Morgan fingerprint density at radius 2 is 2.00 bits per heavy atom. The SMILES string of the molecule is CCOC(=O)C1CC2(CCC(F)(F)CC2)CN1. The predicted molar refractivity (Wildman–Crippen MR) is 58.9 cm³/mol. The lowest BCUT2D eigenvalue weighted by atomic mass is 9.71. The Hall–Kier alpha value is -0.710. The van der Waals surface area contributed by atoms with E-state index in [2.05, 4.69) is 5.32 Å². The fourth-order valence-corrected chi connectivity index (χ4v) is 2.85. The molecule has 1 heterocycles. The number of nitrogens with one attached hydrogen (secondary N) is 1. The lowest BCUT2D eigenvalue weighted by Gasteiger charge is -2.36. The van der Waals surface area contributed by atoms with Crippen molar-refractivity contribution in [2.24, 2.45) is 5.41 Å². The molecule has 0 radical (unpaired) electrons. The first-order valence-electron chi connectivity index (χ1n) is 6.24. The first-order chi connectivity index (χ1) is 7.96. The van der Waals surface area contributed by atoms with Crippen LogP contribution in [-0.2, 0) is 9.53 Å². The molecule has 2 aliphatic rings. The van der Waals surface area contributed by atoms with Crippen LogP contribution in [0.1, 0.15) is 39.0 Å². The van der Waals surface area contributed by atoms with Gasteiger partial charge in [0.05, 0.1) is 6.61 Å². The summed E-state index contributed by atoms with van der Waals surface area (Å²) in [4.78, 5) is 11.6. The molecule has 0 aromatic rings. The van der Waals surface area contributed by atoms with Crippen molar-refractivity contribution in [1.82, 2.24) is 5.32 Å². The van der Waals surface area contributed by atoms with Gasteiger partial charge in [-0.3, -0.25) is 4.79 Å². The third-order valence-electron chi connectivity index (χ3n) is 3.97. The molecular weight excluding hydrogens is 228 g/mol. The van der Waals surface area contributed by atoms with Gasteiger partial charge in [-0.05, 0) is 31.6 Å². The van der Waals surface area contributed by atoms with Crippen LogP contribution >= 0.6 is 0 Å².